The summed E-state index contributed by atoms with van der Waals surface area (Å²) in [6.07, 6.45) is 5.28. The normalized spacial score (nSPS) is 19.3. The van der Waals surface area contributed by atoms with E-state index in [-0.39, 0.29) is 18.2 Å². The van der Waals surface area contributed by atoms with Gasteiger partial charge in [0.15, 0.2) is 0 Å². The van der Waals surface area contributed by atoms with Gasteiger partial charge in [0.05, 0.1) is 11.7 Å². The molecule has 3 aromatic heterocycles. The molecule has 9 aromatic rings. The minimum atomic E-state index is -0.319. The van der Waals surface area contributed by atoms with Gasteiger partial charge in [0.1, 0.15) is 34.3 Å². The summed E-state index contributed by atoms with van der Waals surface area (Å²) in [6.45, 7) is 0. The standard InChI is InChI=1S/C43H29N3O2S/c1-2-11-25-22-26(21-20-24(25)10-1)41-44-42(31-16-9-15-29-27-12-3-6-17-34(27)47-38(29)31)46-43(45-41)33-23-32-28-13-4-7-18-35(28)48-39(32)37-30-14-5-8-19-36(30)49-40(33)37/h1-20,22-23,26,41,43,45H,21H2,(H,44,46). The van der Waals surface area contributed by atoms with Crippen molar-refractivity contribution in [2.24, 2.45) is 10.9 Å². The van der Waals surface area contributed by atoms with E-state index in [1.165, 1.54) is 25.2 Å². The molecule has 4 heterocycles. The summed E-state index contributed by atoms with van der Waals surface area (Å²) in [7, 11) is 0. The number of para-hydroxylation sites is 3. The summed E-state index contributed by atoms with van der Waals surface area (Å²) in [5, 5.41) is 17.2. The fourth-order valence-corrected chi connectivity index (χ4v) is 9.21. The Kier molecular flexibility index (Phi) is 5.79. The van der Waals surface area contributed by atoms with Crippen LogP contribution >= 0.6 is 11.3 Å². The number of fused-ring (bicyclic) bond motifs is 11. The first kappa shape index (κ1) is 27.3. The number of benzene rings is 6. The zero-order valence-corrected chi connectivity index (χ0v) is 27.1. The van der Waals surface area contributed by atoms with E-state index in [1.807, 2.05) is 29.5 Å². The Bertz CT molecular complexity index is 2970. The predicted molar refractivity (Wildman–Crippen MR) is 202 cm³/mol. The average Bonchev–Trinajstić information content (AvgIpc) is 3.85. The third-order valence-corrected chi connectivity index (χ3v) is 11.5. The number of nitrogens with zero attached hydrogens (tertiary/aromatic N) is 1. The first-order valence-electron chi connectivity index (χ1n) is 16.8. The molecule has 2 N–H and O–H groups in total. The van der Waals surface area contributed by atoms with Crippen LogP contribution in [0.2, 0.25) is 0 Å². The van der Waals surface area contributed by atoms with Crippen molar-refractivity contribution in [1.82, 2.24) is 10.6 Å². The van der Waals surface area contributed by atoms with E-state index in [2.05, 4.69) is 126 Å². The largest absolute Gasteiger partial charge is 0.455 e. The Labute approximate surface area is 284 Å². The Morgan fingerprint density at radius 3 is 2.20 bits per heavy atom. The van der Waals surface area contributed by atoms with Crippen molar-refractivity contribution >= 4 is 93.4 Å². The highest BCUT2D eigenvalue weighted by molar-refractivity contribution is 7.26. The molecular weight excluding hydrogens is 623 g/mol. The van der Waals surface area contributed by atoms with E-state index in [4.69, 9.17) is 13.8 Å². The first-order chi connectivity index (χ1) is 24.3. The molecule has 0 saturated carbocycles. The van der Waals surface area contributed by atoms with Gasteiger partial charge in [0.2, 0.25) is 0 Å². The molecule has 0 saturated heterocycles. The van der Waals surface area contributed by atoms with Crippen LogP contribution in [0.3, 0.4) is 0 Å². The number of amidine groups is 1. The van der Waals surface area contributed by atoms with Crippen molar-refractivity contribution < 1.29 is 8.83 Å². The molecule has 11 rings (SSSR count). The first-order valence-corrected chi connectivity index (χ1v) is 17.6. The smallest absolute Gasteiger partial charge is 0.146 e. The molecule has 3 atom stereocenters. The number of aliphatic imine (C=N–C) groups is 1. The van der Waals surface area contributed by atoms with Gasteiger partial charge in [-0.3, -0.25) is 5.32 Å². The highest BCUT2D eigenvalue weighted by Crippen LogP contribution is 2.46. The van der Waals surface area contributed by atoms with E-state index in [1.54, 1.807) is 0 Å². The van der Waals surface area contributed by atoms with Crippen LogP contribution in [0.15, 0.2) is 135 Å². The number of furan rings is 2. The topological polar surface area (TPSA) is 62.7 Å². The molecular formula is C43H29N3O2S. The van der Waals surface area contributed by atoms with Crippen molar-refractivity contribution in [2.45, 2.75) is 18.8 Å². The zero-order chi connectivity index (χ0) is 32.1. The molecule has 0 fully saturated rings. The van der Waals surface area contributed by atoms with E-state index in [0.717, 1.165) is 72.6 Å². The number of rotatable bonds is 3. The highest BCUT2D eigenvalue weighted by Gasteiger charge is 2.32. The monoisotopic (exact) mass is 651 g/mol. The molecule has 234 valence electrons. The molecule has 5 nitrogen and oxygen atoms in total. The van der Waals surface area contributed by atoms with Gasteiger partial charge in [-0.2, -0.15) is 0 Å². The van der Waals surface area contributed by atoms with Gasteiger partial charge in [-0.15, -0.1) is 11.3 Å². The Morgan fingerprint density at radius 2 is 1.35 bits per heavy atom. The Morgan fingerprint density at radius 1 is 0.653 bits per heavy atom. The van der Waals surface area contributed by atoms with E-state index in [9.17, 15) is 0 Å². The third kappa shape index (κ3) is 4.11. The van der Waals surface area contributed by atoms with Crippen LogP contribution in [0, 0.1) is 5.92 Å². The quantitative estimate of drug-likeness (QED) is 0.200. The van der Waals surface area contributed by atoms with Crippen LogP contribution in [0.25, 0.3) is 76.2 Å². The van der Waals surface area contributed by atoms with Gasteiger partial charge < -0.3 is 14.2 Å². The number of thiophene rings is 1. The summed E-state index contributed by atoms with van der Waals surface area (Å²) >= 11 is 1.81. The van der Waals surface area contributed by atoms with Crippen LogP contribution in [0.1, 0.15) is 23.7 Å². The van der Waals surface area contributed by atoms with Gasteiger partial charge >= 0.3 is 0 Å². The van der Waals surface area contributed by atoms with Crippen molar-refractivity contribution in [3.05, 3.63) is 143 Å². The van der Waals surface area contributed by atoms with Crippen LogP contribution in [0.5, 0.6) is 0 Å². The Hall–Kier alpha value is -5.69. The van der Waals surface area contributed by atoms with Gasteiger partial charge in [0, 0.05) is 53.2 Å². The van der Waals surface area contributed by atoms with E-state index >= 15 is 0 Å². The van der Waals surface area contributed by atoms with Crippen molar-refractivity contribution in [2.75, 3.05) is 0 Å². The molecule has 0 bridgehead atoms. The lowest BCUT2D eigenvalue weighted by atomic mass is 9.93. The number of hydrogen-bond donors (Lipinski definition) is 2. The van der Waals surface area contributed by atoms with Crippen molar-refractivity contribution in [3.8, 4) is 0 Å². The summed E-state index contributed by atoms with van der Waals surface area (Å²) in [5.74, 6) is 1.03. The molecule has 49 heavy (non-hydrogen) atoms. The van der Waals surface area contributed by atoms with Gasteiger partial charge in [0.25, 0.3) is 0 Å². The van der Waals surface area contributed by atoms with Crippen LogP contribution < -0.4 is 21.1 Å². The minimum Gasteiger partial charge on any atom is -0.455 e. The maximum Gasteiger partial charge on any atom is 0.146 e. The lowest BCUT2D eigenvalue weighted by Gasteiger charge is -2.36. The fourth-order valence-electron chi connectivity index (χ4n) is 7.97. The molecule has 6 aromatic carbocycles. The number of hydrogen-bond acceptors (Lipinski definition) is 6. The summed E-state index contributed by atoms with van der Waals surface area (Å²) in [4.78, 5) is 5.51. The third-order valence-electron chi connectivity index (χ3n) is 10.3. The lowest BCUT2D eigenvalue weighted by molar-refractivity contribution is 0.343. The summed E-state index contributed by atoms with van der Waals surface area (Å²) < 4.78 is 15.6. The SMILES string of the molecule is C1=c2ccccc2=CC(C2NC(c3cccc4c3oc3ccccc34)=NC(c3cc4c5ccccc5oc4c4c3sc3ccccc34)N2)C1. The summed E-state index contributed by atoms with van der Waals surface area (Å²) in [5.41, 5.74) is 5.68. The predicted octanol–water partition coefficient (Wildman–Crippen LogP) is 9.10. The zero-order valence-electron chi connectivity index (χ0n) is 26.3. The molecule has 1 aliphatic carbocycles. The second kappa shape index (κ2) is 10.4. The van der Waals surface area contributed by atoms with Crippen LogP contribution in [0.4, 0.5) is 0 Å². The second-order valence-electron chi connectivity index (χ2n) is 13.1. The molecule has 6 heteroatoms. The fraction of sp³-hybridized carbons (Fsp3) is 0.0930. The van der Waals surface area contributed by atoms with Crippen LogP contribution in [-0.4, -0.2) is 12.0 Å². The van der Waals surface area contributed by atoms with Gasteiger partial charge in [-0.1, -0.05) is 103 Å². The molecule has 2 aliphatic rings. The van der Waals surface area contributed by atoms with Crippen molar-refractivity contribution in [3.63, 3.8) is 0 Å². The maximum atomic E-state index is 6.61. The molecule has 0 amide bonds. The lowest BCUT2D eigenvalue weighted by Crippen LogP contribution is -2.55. The molecule has 0 spiro atoms. The molecule has 0 radical (unpaired) electrons. The average molecular weight is 652 g/mol. The Balaban J connectivity index is 1.17. The molecule has 3 unspecified atom stereocenters. The van der Waals surface area contributed by atoms with Gasteiger partial charge in [-0.25, -0.2) is 4.99 Å². The van der Waals surface area contributed by atoms with Gasteiger partial charge in [-0.05, 0) is 47.2 Å². The van der Waals surface area contributed by atoms with Crippen LogP contribution in [-0.2, 0) is 0 Å². The van der Waals surface area contributed by atoms with E-state index in [0.29, 0.717) is 0 Å². The maximum absolute atomic E-state index is 6.61. The highest BCUT2D eigenvalue weighted by atomic mass is 32.1. The minimum absolute atomic E-state index is 0.0806. The second-order valence-corrected chi connectivity index (χ2v) is 14.1. The number of nitrogens with one attached hydrogen (secondary N) is 2. The van der Waals surface area contributed by atoms with E-state index < -0.39 is 0 Å². The summed E-state index contributed by atoms with van der Waals surface area (Å²) in [6, 6.07) is 42.6. The van der Waals surface area contributed by atoms with Crippen molar-refractivity contribution in [1.29, 1.82) is 0 Å². The molecule has 1 aliphatic heterocycles.